The van der Waals surface area contributed by atoms with Crippen LogP contribution in [0.5, 0.6) is 0 Å². The molecule has 2 aliphatic rings. The fraction of sp³-hybridized carbons (Fsp3) is 0.269. The van der Waals surface area contributed by atoms with Gasteiger partial charge in [-0.2, -0.15) is 0 Å². The number of amides is 1. The van der Waals surface area contributed by atoms with Gasteiger partial charge in [0.05, 0.1) is 29.8 Å². The van der Waals surface area contributed by atoms with E-state index in [1.807, 2.05) is 40.6 Å². The van der Waals surface area contributed by atoms with Crippen molar-refractivity contribution in [2.45, 2.75) is 45.9 Å². The van der Waals surface area contributed by atoms with Crippen LogP contribution in [0.2, 0.25) is 0 Å². The maximum absolute atomic E-state index is 14.2. The summed E-state index contributed by atoms with van der Waals surface area (Å²) in [4.78, 5) is 32.3. The number of thioether (sulfide) groups is 1. The van der Waals surface area contributed by atoms with E-state index in [1.165, 1.54) is 23.9 Å². The van der Waals surface area contributed by atoms with E-state index in [0.717, 1.165) is 5.56 Å². The van der Waals surface area contributed by atoms with Crippen molar-refractivity contribution in [3.63, 3.8) is 0 Å². The van der Waals surface area contributed by atoms with Crippen LogP contribution < -0.4 is 5.32 Å². The zero-order valence-electron chi connectivity index (χ0n) is 19.2. The normalized spacial score (nSPS) is 17.3. The van der Waals surface area contributed by atoms with Crippen LogP contribution in [0.3, 0.4) is 0 Å². The molecule has 8 heteroatoms. The lowest BCUT2D eigenvalue weighted by molar-refractivity contribution is -0.143. The van der Waals surface area contributed by atoms with Crippen molar-refractivity contribution in [3.05, 3.63) is 93.9 Å². The molecular weight excluding hydrogens is 453 g/mol. The molecule has 34 heavy (non-hydrogen) atoms. The lowest BCUT2D eigenvalue weighted by atomic mass is 9.93. The molecule has 0 spiro atoms. The van der Waals surface area contributed by atoms with Gasteiger partial charge >= 0.3 is 5.97 Å². The molecule has 1 amide bonds. The Balaban J connectivity index is 1.62. The number of hydrogen-bond acceptors (Lipinski definition) is 6. The molecule has 4 rings (SSSR count). The summed E-state index contributed by atoms with van der Waals surface area (Å²) in [5, 5.41) is 5.43. The maximum Gasteiger partial charge on any atom is 0.338 e. The number of allylic oxidation sites excluding steroid dienone is 1. The summed E-state index contributed by atoms with van der Waals surface area (Å²) in [7, 11) is 0. The first-order valence-electron chi connectivity index (χ1n) is 11.0. The highest BCUT2D eigenvalue weighted by atomic mass is 32.2. The fourth-order valence-electron chi connectivity index (χ4n) is 3.92. The molecule has 2 aliphatic heterocycles. The van der Waals surface area contributed by atoms with Crippen LogP contribution in [-0.4, -0.2) is 28.0 Å². The van der Waals surface area contributed by atoms with Crippen molar-refractivity contribution in [2.75, 3.05) is 0 Å². The molecule has 2 heterocycles. The van der Waals surface area contributed by atoms with Crippen molar-refractivity contribution >= 4 is 28.8 Å². The average Bonchev–Trinajstić information content (AvgIpc) is 3.18. The van der Waals surface area contributed by atoms with Gasteiger partial charge in [-0.1, -0.05) is 54.2 Å². The number of rotatable bonds is 7. The highest BCUT2D eigenvalue weighted by molar-refractivity contribution is 8.16. The Bertz CT molecular complexity index is 1190. The van der Waals surface area contributed by atoms with E-state index in [0.29, 0.717) is 34.2 Å². The molecule has 0 fully saturated rings. The smallest absolute Gasteiger partial charge is 0.338 e. The Labute approximate surface area is 202 Å². The molecule has 0 saturated heterocycles. The zero-order chi connectivity index (χ0) is 24.2. The minimum Gasteiger partial charge on any atom is -0.459 e. The number of aliphatic imine (C=N–C) groups is 1. The molecule has 0 aromatic heterocycles. The molecule has 2 aromatic rings. The van der Waals surface area contributed by atoms with E-state index in [9.17, 15) is 14.0 Å². The molecule has 6 nitrogen and oxygen atoms in total. The summed E-state index contributed by atoms with van der Waals surface area (Å²) < 4.78 is 19.7. The van der Waals surface area contributed by atoms with E-state index in [2.05, 4.69) is 10.3 Å². The van der Waals surface area contributed by atoms with Crippen molar-refractivity contribution in [1.29, 1.82) is 0 Å². The van der Waals surface area contributed by atoms with Crippen LogP contribution >= 0.6 is 11.8 Å². The van der Waals surface area contributed by atoms with Crippen LogP contribution in [0, 0.1) is 5.82 Å². The molecular formula is C26H26FN3O3S. The zero-order valence-corrected chi connectivity index (χ0v) is 20.1. The molecule has 0 bridgehead atoms. The van der Waals surface area contributed by atoms with Gasteiger partial charge in [0.1, 0.15) is 5.82 Å². The van der Waals surface area contributed by atoms with Gasteiger partial charge in [-0.3, -0.25) is 4.79 Å². The Kier molecular flexibility index (Phi) is 7.17. The molecule has 0 radical (unpaired) electrons. The van der Waals surface area contributed by atoms with Crippen LogP contribution in [0.1, 0.15) is 44.4 Å². The number of nitrogens with one attached hydrogen (secondary N) is 1. The first kappa shape index (κ1) is 23.8. The Hall–Kier alpha value is -3.39. The van der Waals surface area contributed by atoms with Gasteiger partial charge < -0.3 is 15.0 Å². The van der Waals surface area contributed by atoms with Gasteiger partial charge in [0, 0.05) is 12.2 Å². The molecule has 176 valence electrons. The monoisotopic (exact) mass is 479 g/mol. The minimum absolute atomic E-state index is 0.0935. The van der Waals surface area contributed by atoms with Crippen molar-refractivity contribution in [1.82, 2.24) is 10.2 Å². The van der Waals surface area contributed by atoms with E-state index in [1.54, 1.807) is 32.9 Å². The summed E-state index contributed by atoms with van der Waals surface area (Å²) in [5.74, 6) is -1.07. The van der Waals surface area contributed by atoms with Gasteiger partial charge in [-0.25, -0.2) is 14.2 Å². The van der Waals surface area contributed by atoms with E-state index < -0.39 is 17.8 Å². The van der Waals surface area contributed by atoms with Gasteiger partial charge in [0.2, 0.25) is 5.91 Å². The lowest BCUT2D eigenvalue weighted by Crippen LogP contribution is -2.38. The summed E-state index contributed by atoms with van der Waals surface area (Å²) in [6, 6.07) is 15.1. The van der Waals surface area contributed by atoms with Gasteiger partial charge in [-0.15, -0.1) is 0 Å². The van der Waals surface area contributed by atoms with E-state index >= 15 is 0 Å². The summed E-state index contributed by atoms with van der Waals surface area (Å²) in [5.41, 5.74) is 3.12. The summed E-state index contributed by atoms with van der Waals surface area (Å²) in [6.07, 6.45) is -0.228. The highest BCUT2D eigenvalue weighted by Crippen LogP contribution is 2.45. The molecule has 0 saturated carbocycles. The largest absolute Gasteiger partial charge is 0.459 e. The predicted molar refractivity (Wildman–Crippen MR) is 131 cm³/mol. The van der Waals surface area contributed by atoms with Gasteiger partial charge in [0.25, 0.3) is 0 Å². The van der Waals surface area contributed by atoms with Gasteiger partial charge in [0.15, 0.2) is 5.17 Å². The Morgan fingerprint density at radius 2 is 1.94 bits per heavy atom. The number of esters is 1. The number of amidine groups is 1. The SMILES string of the molecule is CC1=C(C(=O)OC(C)C)C(c2cccc(F)c2)N2C(CC(=O)NCc3ccccc3)=CSC2=N1. The number of carbonyl (C=O) groups excluding carboxylic acids is 2. The van der Waals surface area contributed by atoms with Crippen LogP contribution in [0.25, 0.3) is 0 Å². The molecule has 0 aliphatic carbocycles. The number of carbonyl (C=O) groups is 2. The Morgan fingerprint density at radius 3 is 2.65 bits per heavy atom. The number of ether oxygens (including phenoxy) is 1. The standard InChI is InChI=1S/C26H26FN3O3S/c1-16(2)33-25(32)23-17(3)29-26-30(24(23)19-10-7-11-20(27)12-19)21(15-34-26)13-22(31)28-14-18-8-5-4-6-9-18/h4-12,15-16,24H,13-14H2,1-3H3,(H,28,31). The molecule has 2 aromatic carbocycles. The highest BCUT2D eigenvalue weighted by Gasteiger charge is 2.41. The van der Waals surface area contributed by atoms with Crippen LogP contribution in [0.15, 0.2) is 82.0 Å². The number of nitrogens with zero attached hydrogens (tertiary/aromatic N) is 2. The maximum atomic E-state index is 14.2. The van der Waals surface area contributed by atoms with Crippen molar-refractivity contribution in [2.24, 2.45) is 4.99 Å². The Morgan fingerprint density at radius 1 is 1.18 bits per heavy atom. The van der Waals surface area contributed by atoms with Crippen molar-refractivity contribution < 1.29 is 18.7 Å². The third-order valence-electron chi connectivity index (χ3n) is 5.40. The van der Waals surface area contributed by atoms with Crippen molar-refractivity contribution in [3.8, 4) is 0 Å². The summed E-state index contributed by atoms with van der Waals surface area (Å²) in [6.45, 7) is 5.71. The third kappa shape index (κ3) is 5.22. The lowest BCUT2D eigenvalue weighted by Gasteiger charge is -2.36. The predicted octanol–water partition coefficient (Wildman–Crippen LogP) is 5.06. The third-order valence-corrected chi connectivity index (χ3v) is 6.29. The molecule has 1 unspecified atom stereocenters. The number of hydrogen-bond donors (Lipinski definition) is 1. The second-order valence-electron chi connectivity index (χ2n) is 8.34. The first-order chi connectivity index (χ1) is 16.3. The number of benzene rings is 2. The fourth-order valence-corrected chi connectivity index (χ4v) is 4.89. The second-order valence-corrected chi connectivity index (χ2v) is 9.18. The van der Waals surface area contributed by atoms with Crippen LogP contribution in [-0.2, 0) is 20.9 Å². The topological polar surface area (TPSA) is 71.0 Å². The molecule has 1 N–H and O–H groups in total. The quantitative estimate of drug-likeness (QED) is 0.562. The van der Waals surface area contributed by atoms with E-state index in [4.69, 9.17) is 4.74 Å². The van der Waals surface area contributed by atoms with E-state index in [-0.39, 0.29) is 18.4 Å². The average molecular weight is 480 g/mol. The minimum atomic E-state index is -0.655. The first-order valence-corrected chi connectivity index (χ1v) is 11.9. The number of fused-ring (bicyclic) bond motifs is 1. The summed E-state index contributed by atoms with van der Waals surface area (Å²) >= 11 is 1.38. The van der Waals surface area contributed by atoms with Gasteiger partial charge in [-0.05, 0) is 49.4 Å². The second kappa shape index (κ2) is 10.3. The molecule has 1 atom stereocenters. The van der Waals surface area contributed by atoms with Crippen LogP contribution in [0.4, 0.5) is 4.39 Å². The number of halogens is 1.